The average Bonchev–Trinajstić information content (AvgIpc) is 3.31. The second-order valence-corrected chi connectivity index (χ2v) is 11.3. The highest BCUT2D eigenvalue weighted by molar-refractivity contribution is 6.33. The Hall–Kier alpha value is -4.15. The molecule has 10 nitrogen and oxygen atoms in total. The number of aryl methyl sites for hydroxylation is 1. The van der Waals surface area contributed by atoms with Crippen LogP contribution in [0.5, 0.6) is 0 Å². The number of likely N-dealkylation sites (N-methyl/N-ethyl adjacent to an activating group) is 1. The summed E-state index contributed by atoms with van der Waals surface area (Å²) in [5, 5.41) is 15.6. The lowest BCUT2D eigenvalue weighted by molar-refractivity contribution is 0.0281. The quantitative estimate of drug-likeness (QED) is 0.301. The van der Waals surface area contributed by atoms with E-state index in [0.29, 0.717) is 28.2 Å². The molecule has 2 aliphatic rings. The first-order valence-corrected chi connectivity index (χ1v) is 13.6. The third-order valence-electron chi connectivity index (χ3n) is 8.62. The predicted molar refractivity (Wildman–Crippen MR) is 158 cm³/mol. The lowest BCUT2D eigenvalue weighted by Crippen LogP contribution is -2.62. The number of hydrogen-bond donors (Lipinski definition) is 3. The van der Waals surface area contributed by atoms with Gasteiger partial charge in [0.1, 0.15) is 16.9 Å². The number of likely N-dealkylation sites (tertiary alicyclic amines) is 1. The summed E-state index contributed by atoms with van der Waals surface area (Å²) < 4.78 is 1.57. The van der Waals surface area contributed by atoms with Crippen LogP contribution in [0, 0.1) is 5.92 Å². The van der Waals surface area contributed by atoms with E-state index in [1.54, 1.807) is 23.9 Å². The maximum atomic E-state index is 13.2. The van der Waals surface area contributed by atoms with E-state index >= 15 is 0 Å². The zero-order valence-electron chi connectivity index (χ0n) is 22.3. The highest BCUT2D eigenvalue weighted by atomic mass is 35.5. The summed E-state index contributed by atoms with van der Waals surface area (Å²) >= 11 is 6.57. The van der Waals surface area contributed by atoms with E-state index in [2.05, 4.69) is 32.1 Å². The molecule has 0 bridgehead atoms. The SMILES string of the molecule is CNc1cc(Cl)cc2c1[nH]c1ncc(-c3cnc4c(c3)c(=O)c(C(=O)O)cn4C)c(N3CCC4CN(C)C4C3)c12. The molecule has 4 aromatic heterocycles. The summed E-state index contributed by atoms with van der Waals surface area (Å²) in [6.07, 6.45) is 5.95. The van der Waals surface area contributed by atoms with Crippen LogP contribution >= 0.6 is 11.6 Å². The molecular formula is C29H28ClN7O3. The van der Waals surface area contributed by atoms with Crippen molar-refractivity contribution in [1.29, 1.82) is 0 Å². The van der Waals surface area contributed by atoms with Crippen molar-refractivity contribution in [3.63, 3.8) is 0 Å². The zero-order chi connectivity index (χ0) is 27.9. The standard InChI is InChI=1S/C29H28ClN7O3/c1-31-21-8-16(30)7-17-23-25(37-5-4-14-11-35(2)22(14)13-37)19(10-32-27(23)34-24(17)21)15-6-18-26(38)20(29(39)40)12-36(3)28(18)33-9-15/h6-10,12,14,22,31H,4-5,11,13H2,1-3H3,(H,32,34)(H,39,40). The van der Waals surface area contributed by atoms with Gasteiger partial charge >= 0.3 is 5.97 Å². The van der Waals surface area contributed by atoms with Crippen LogP contribution in [-0.4, -0.2) is 75.3 Å². The lowest BCUT2D eigenvalue weighted by Gasteiger charge is -2.52. The number of nitrogens with zero attached hydrogens (tertiary/aromatic N) is 5. The van der Waals surface area contributed by atoms with Crippen LogP contribution in [0.2, 0.25) is 5.02 Å². The second-order valence-electron chi connectivity index (χ2n) is 10.9. The van der Waals surface area contributed by atoms with Crippen LogP contribution in [0.15, 0.2) is 41.6 Å². The monoisotopic (exact) mass is 557 g/mol. The van der Waals surface area contributed by atoms with E-state index in [1.165, 1.54) is 6.20 Å². The van der Waals surface area contributed by atoms with Gasteiger partial charge in [-0.3, -0.25) is 4.79 Å². The Bertz CT molecular complexity index is 1930. The molecule has 2 saturated heterocycles. The van der Waals surface area contributed by atoms with Gasteiger partial charge in [0.05, 0.1) is 27.7 Å². The van der Waals surface area contributed by atoms with E-state index in [0.717, 1.165) is 64.9 Å². The molecule has 40 heavy (non-hydrogen) atoms. The first-order valence-electron chi connectivity index (χ1n) is 13.2. The maximum Gasteiger partial charge on any atom is 0.341 e. The topological polar surface area (TPSA) is 119 Å². The number of carbonyl (C=O) groups is 1. The summed E-state index contributed by atoms with van der Waals surface area (Å²) in [5.74, 6) is -0.574. The Morgan fingerprint density at radius 2 is 1.98 bits per heavy atom. The number of carboxylic acid groups (broad SMARTS) is 1. The van der Waals surface area contributed by atoms with Crippen LogP contribution in [0.1, 0.15) is 16.8 Å². The van der Waals surface area contributed by atoms with Gasteiger partial charge in [-0.15, -0.1) is 0 Å². The van der Waals surface area contributed by atoms with E-state index in [1.807, 2.05) is 25.4 Å². The zero-order valence-corrected chi connectivity index (χ0v) is 23.1. The number of halogens is 1. The minimum absolute atomic E-state index is 0.253. The molecule has 6 heterocycles. The molecule has 2 atom stereocenters. The minimum Gasteiger partial charge on any atom is -0.477 e. The normalized spacial score (nSPS) is 19.2. The van der Waals surface area contributed by atoms with Crippen molar-refractivity contribution in [3.05, 3.63) is 57.6 Å². The number of fused-ring (bicyclic) bond motifs is 5. The van der Waals surface area contributed by atoms with E-state index in [9.17, 15) is 14.7 Å². The Kier molecular flexibility index (Phi) is 5.55. The molecular weight excluding hydrogens is 530 g/mol. The number of rotatable bonds is 4. The molecule has 5 aromatic rings. The van der Waals surface area contributed by atoms with Gasteiger partial charge in [0.2, 0.25) is 5.43 Å². The van der Waals surface area contributed by atoms with Gasteiger partial charge in [0.15, 0.2) is 0 Å². The molecule has 11 heteroatoms. The van der Waals surface area contributed by atoms with Gasteiger partial charge in [0, 0.05) is 79.9 Å². The number of benzene rings is 1. The third-order valence-corrected chi connectivity index (χ3v) is 8.84. The number of pyridine rings is 3. The number of anilines is 2. The van der Waals surface area contributed by atoms with E-state index in [4.69, 9.17) is 16.6 Å². The van der Waals surface area contributed by atoms with Crippen molar-refractivity contribution in [3.8, 4) is 11.1 Å². The first kappa shape index (κ1) is 24.9. The number of hydrogen-bond acceptors (Lipinski definition) is 7. The summed E-state index contributed by atoms with van der Waals surface area (Å²) in [5.41, 5.74) is 4.65. The fraction of sp³-hybridized carbons (Fsp3) is 0.310. The lowest BCUT2D eigenvalue weighted by atomic mass is 9.82. The van der Waals surface area contributed by atoms with Crippen LogP contribution < -0.4 is 15.6 Å². The molecule has 0 aliphatic carbocycles. The van der Waals surface area contributed by atoms with Crippen molar-refractivity contribution >= 4 is 61.9 Å². The van der Waals surface area contributed by atoms with E-state index in [-0.39, 0.29) is 10.9 Å². The van der Waals surface area contributed by atoms with Gasteiger partial charge in [-0.1, -0.05) is 11.6 Å². The molecule has 0 radical (unpaired) electrons. The fourth-order valence-electron chi connectivity index (χ4n) is 6.57. The summed E-state index contributed by atoms with van der Waals surface area (Å²) in [6, 6.07) is 6.05. The van der Waals surface area contributed by atoms with Crippen LogP contribution in [-0.2, 0) is 7.05 Å². The Labute approximate surface area is 234 Å². The Balaban J connectivity index is 1.52. The number of aromatic amines is 1. The molecule has 2 fully saturated rings. The maximum absolute atomic E-state index is 13.2. The molecule has 1 aromatic carbocycles. The molecule has 7 rings (SSSR count). The smallest absolute Gasteiger partial charge is 0.341 e. The summed E-state index contributed by atoms with van der Waals surface area (Å²) in [4.78, 5) is 42.7. The van der Waals surface area contributed by atoms with Crippen LogP contribution in [0.25, 0.3) is 44.1 Å². The van der Waals surface area contributed by atoms with Crippen molar-refractivity contribution < 1.29 is 9.90 Å². The average molecular weight is 558 g/mol. The van der Waals surface area contributed by atoms with Crippen LogP contribution in [0.4, 0.5) is 11.4 Å². The molecule has 0 spiro atoms. The number of aromatic nitrogens is 4. The van der Waals surface area contributed by atoms with Crippen molar-refractivity contribution in [2.75, 3.05) is 43.9 Å². The molecule has 3 N–H and O–H groups in total. The summed E-state index contributed by atoms with van der Waals surface area (Å²) in [7, 11) is 5.72. The number of aromatic carboxylic acids is 1. The molecule has 2 unspecified atom stereocenters. The highest BCUT2D eigenvalue weighted by Crippen LogP contribution is 2.45. The third kappa shape index (κ3) is 3.59. The molecule has 204 valence electrons. The Morgan fingerprint density at radius 1 is 1.15 bits per heavy atom. The predicted octanol–water partition coefficient (Wildman–Crippen LogP) is 4.16. The minimum atomic E-state index is -1.26. The van der Waals surface area contributed by atoms with Crippen molar-refractivity contribution in [1.82, 2.24) is 24.4 Å². The van der Waals surface area contributed by atoms with Crippen molar-refractivity contribution in [2.24, 2.45) is 13.0 Å². The highest BCUT2D eigenvalue weighted by Gasteiger charge is 2.41. The number of nitrogens with one attached hydrogen (secondary N) is 2. The van der Waals surface area contributed by atoms with Crippen molar-refractivity contribution in [2.45, 2.75) is 12.5 Å². The largest absolute Gasteiger partial charge is 0.477 e. The summed E-state index contributed by atoms with van der Waals surface area (Å²) in [6.45, 7) is 2.87. The Morgan fingerprint density at radius 3 is 2.73 bits per heavy atom. The van der Waals surface area contributed by atoms with Gasteiger partial charge in [-0.25, -0.2) is 14.8 Å². The number of carboxylic acids is 1. The molecule has 0 saturated carbocycles. The number of H-pyrrole nitrogens is 1. The van der Waals surface area contributed by atoms with Gasteiger partial charge < -0.3 is 29.8 Å². The van der Waals surface area contributed by atoms with Crippen LogP contribution in [0.3, 0.4) is 0 Å². The first-order chi connectivity index (χ1) is 19.2. The van der Waals surface area contributed by atoms with Gasteiger partial charge in [0.25, 0.3) is 0 Å². The van der Waals surface area contributed by atoms with Gasteiger partial charge in [-0.05, 0) is 37.6 Å². The van der Waals surface area contributed by atoms with Gasteiger partial charge in [-0.2, -0.15) is 0 Å². The fourth-order valence-corrected chi connectivity index (χ4v) is 6.79. The number of piperidine rings is 1. The molecule has 0 amide bonds. The second kappa shape index (κ2) is 8.94. The van der Waals surface area contributed by atoms with E-state index < -0.39 is 11.4 Å². The molecule has 2 aliphatic heterocycles.